The first-order chi connectivity index (χ1) is 17.3. The fourth-order valence-corrected chi connectivity index (χ4v) is 4.24. The van der Waals surface area contributed by atoms with E-state index < -0.39 is 29.1 Å². The van der Waals surface area contributed by atoms with E-state index in [0.29, 0.717) is 31.2 Å². The Kier molecular flexibility index (Phi) is 8.09. The van der Waals surface area contributed by atoms with Gasteiger partial charge in [-0.1, -0.05) is 37.3 Å². The van der Waals surface area contributed by atoms with Gasteiger partial charge in [-0.05, 0) is 67.5 Å². The molecule has 0 fully saturated rings. The summed E-state index contributed by atoms with van der Waals surface area (Å²) in [5.74, 6) is -4.88. The number of allylic oxidation sites excluding steroid dienone is 1. The number of hydrogen-bond acceptors (Lipinski definition) is 2. The molecule has 0 aliphatic heterocycles. The van der Waals surface area contributed by atoms with Crippen LogP contribution in [0.2, 0.25) is 0 Å². The van der Waals surface area contributed by atoms with Crippen LogP contribution in [0.1, 0.15) is 49.3 Å². The highest BCUT2D eigenvalue weighted by Crippen LogP contribution is 2.34. The molecule has 0 amide bonds. The Bertz CT molecular complexity index is 1290. The van der Waals surface area contributed by atoms with Crippen molar-refractivity contribution < 1.29 is 31.4 Å². The van der Waals surface area contributed by atoms with Crippen LogP contribution in [-0.2, 0) is 11.3 Å². The zero-order valence-electron chi connectivity index (χ0n) is 20.1. The van der Waals surface area contributed by atoms with Crippen molar-refractivity contribution in [1.82, 2.24) is 0 Å². The largest absolute Gasteiger partial charge is 0.490 e. The van der Waals surface area contributed by atoms with E-state index in [-0.39, 0.29) is 47.3 Å². The summed E-state index contributed by atoms with van der Waals surface area (Å²) in [4.78, 5) is 0. The third kappa shape index (κ3) is 5.46. The first-order valence-electron chi connectivity index (χ1n) is 11.9. The van der Waals surface area contributed by atoms with Crippen molar-refractivity contribution in [2.75, 3.05) is 6.61 Å². The van der Waals surface area contributed by atoms with E-state index in [4.69, 9.17) is 9.47 Å². The van der Waals surface area contributed by atoms with Gasteiger partial charge in [0.2, 0.25) is 5.82 Å². The highest BCUT2D eigenvalue weighted by Gasteiger charge is 2.21. The Morgan fingerprint density at radius 1 is 0.833 bits per heavy atom. The minimum atomic E-state index is -1.17. The standard InChI is InChI=1S/C29H27F5O2/c1-3-14-35-25-13-12-23(28(33)29(25)34)22-11-5-18(15-24(22)30)16-36-20-8-6-19(7-9-20)21-10-4-17(2)26(31)27(21)32/h4-6,10-13,15,20H,3,7-9,14,16H2,1-2H3. The molecule has 0 saturated carbocycles. The second kappa shape index (κ2) is 11.2. The van der Waals surface area contributed by atoms with Crippen molar-refractivity contribution in [2.45, 2.75) is 52.2 Å². The van der Waals surface area contributed by atoms with Gasteiger partial charge >= 0.3 is 0 Å². The van der Waals surface area contributed by atoms with E-state index >= 15 is 0 Å². The highest BCUT2D eigenvalue weighted by molar-refractivity contribution is 5.68. The van der Waals surface area contributed by atoms with Crippen LogP contribution >= 0.6 is 0 Å². The monoisotopic (exact) mass is 502 g/mol. The fraction of sp³-hybridized carbons (Fsp3) is 0.310. The molecular formula is C29H27F5O2. The molecule has 1 unspecified atom stereocenters. The third-order valence-electron chi connectivity index (χ3n) is 6.30. The van der Waals surface area contributed by atoms with Crippen molar-refractivity contribution in [3.05, 3.63) is 94.3 Å². The zero-order valence-corrected chi connectivity index (χ0v) is 20.1. The maximum absolute atomic E-state index is 14.8. The maximum Gasteiger partial charge on any atom is 0.201 e. The zero-order chi connectivity index (χ0) is 25.8. The molecule has 0 spiro atoms. The number of ether oxygens (including phenoxy) is 2. The Morgan fingerprint density at radius 3 is 2.25 bits per heavy atom. The van der Waals surface area contributed by atoms with E-state index in [1.54, 1.807) is 18.2 Å². The Labute approximate surface area is 207 Å². The number of halogens is 5. The van der Waals surface area contributed by atoms with Crippen LogP contribution in [0.4, 0.5) is 22.0 Å². The van der Waals surface area contributed by atoms with E-state index in [2.05, 4.69) is 0 Å². The molecule has 0 saturated heterocycles. The van der Waals surface area contributed by atoms with E-state index in [0.717, 1.165) is 5.57 Å². The lowest BCUT2D eigenvalue weighted by Gasteiger charge is -2.23. The molecule has 190 valence electrons. The normalized spacial score (nSPS) is 15.6. The molecule has 0 bridgehead atoms. The van der Waals surface area contributed by atoms with Crippen LogP contribution in [-0.4, -0.2) is 12.7 Å². The summed E-state index contributed by atoms with van der Waals surface area (Å²) >= 11 is 0. The highest BCUT2D eigenvalue weighted by atomic mass is 19.2. The summed E-state index contributed by atoms with van der Waals surface area (Å²) in [6.45, 7) is 3.74. The average Bonchev–Trinajstić information content (AvgIpc) is 2.88. The van der Waals surface area contributed by atoms with Gasteiger partial charge in [-0.2, -0.15) is 4.39 Å². The molecule has 3 aromatic carbocycles. The topological polar surface area (TPSA) is 18.5 Å². The van der Waals surface area contributed by atoms with Crippen molar-refractivity contribution in [2.24, 2.45) is 0 Å². The van der Waals surface area contributed by atoms with Gasteiger partial charge in [0.1, 0.15) is 5.82 Å². The number of aryl methyl sites for hydroxylation is 1. The van der Waals surface area contributed by atoms with Gasteiger partial charge in [-0.25, -0.2) is 17.6 Å². The molecule has 1 aliphatic rings. The van der Waals surface area contributed by atoms with E-state index in [1.807, 2.05) is 13.0 Å². The predicted octanol–water partition coefficient (Wildman–Crippen LogP) is 8.30. The summed E-state index contributed by atoms with van der Waals surface area (Å²) in [6, 6.07) is 9.98. The van der Waals surface area contributed by atoms with Crippen LogP contribution in [0, 0.1) is 36.0 Å². The molecule has 4 rings (SSSR count). The fourth-order valence-electron chi connectivity index (χ4n) is 4.24. The Hall–Kier alpha value is -3.19. The molecule has 0 aromatic heterocycles. The second-order valence-corrected chi connectivity index (χ2v) is 8.90. The van der Waals surface area contributed by atoms with Crippen molar-refractivity contribution in [3.63, 3.8) is 0 Å². The Morgan fingerprint density at radius 2 is 1.56 bits per heavy atom. The molecule has 36 heavy (non-hydrogen) atoms. The van der Waals surface area contributed by atoms with Crippen LogP contribution in [0.5, 0.6) is 5.75 Å². The SMILES string of the molecule is CCCOc1ccc(-c2ccc(COC3CC=C(c4ccc(C)c(F)c4F)CC3)cc2F)c(F)c1F. The molecular weight excluding hydrogens is 475 g/mol. The van der Waals surface area contributed by atoms with Gasteiger partial charge in [0.05, 0.1) is 19.3 Å². The molecule has 7 heteroatoms. The number of benzene rings is 3. The lowest BCUT2D eigenvalue weighted by Crippen LogP contribution is -2.16. The van der Waals surface area contributed by atoms with E-state index in [1.165, 1.54) is 31.2 Å². The van der Waals surface area contributed by atoms with Gasteiger partial charge in [-0.15, -0.1) is 0 Å². The molecule has 0 N–H and O–H groups in total. The predicted molar refractivity (Wildman–Crippen MR) is 129 cm³/mol. The number of rotatable bonds is 8. The first kappa shape index (κ1) is 25.9. The molecule has 0 heterocycles. The average molecular weight is 503 g/mol. The number of hydrogen-bond donors (Lipinski definition) is 0. The maximum atomic E-state index is 14.8. The summed E-state index contributed by atoms with van der Waals surface area (Å²) in [7, 11) is 0. The summed E-state index contributed by atoms with van der Waals surface area (Å²) < 4.78 is 83.0. The summed E-state index contributed by atoms with van der Waals surface area (Å²) in [5.41, 5.74) is 1.56. The van der Waals surface area contributed by atoms with Crippen molar-refractivity contribution >= 4 is 5.57 Å². The minimum absolute atomic E-state index is 0.0604. The van der Waals surface area contributed by atoms with Crippen LogP contribution < -0.4 is 4.74 Å². The van der Waals surface area contributed by atoms with Crippen LogP contribution in [0.3, 0.4) is 0 Å². The third-order valence-corrected chi connectivity index (χ3v) is 6.30. The van der Waals surface area contributed by atoms with Crippen LogP contribution in [0.25, 0.3) is 16.7 Å². The first-order valence-corrected chi connectivity index (χ1v) is 11.9. The summed E-state index contributed by atoms with van der Waals surface area (Å²) in [6.07, 6.45) is 3.98. The van der Waals surface area contributed by atoms with Gasteiger partial charge in [0.15, 0.2) is 23.2 Å². The van der Waals surface area contributed by atoms with Crippen LogP contribution in [0.15, 0.2) is 48.5 Å². The molecule has 3 aromatic rings. The van der Waals surface area contributed by atoms with E-state index in [9.17, 15) is 22.0 Å². The molecule has 2 nitrogen and oxygen atoms in total. The smallest absolute Gasteiger partial charge is 0.201 e. The second-order valence-electron chi connectivity index (χ2n) is 8.90. The Balaban J connectivity index is 1.40. The molecule has 0 radical (unpaired) electrons. The van der Waals surface area contributed by atoms with Gasteiger partial charge in [0.25, 0.3) is 0 Å². The van der Waals surface area contributed by atoms with Crippen molar-refractivity contribution in [1.29, 1.82) is 0 Å². The lowest BCUT2D eigenvalue weighted by molar-refractivity contribution is 0.0358. The molecule has 1 atom stereocenters. The van der Waals surface area contributed by atoms with Gasteiger partial charge in [-0.3, -0.25) is 0 Å². The van der Waals surface area contributed by atoms with Gasteiger partial charge in [0, 0.05) is 16.7 Å². The minimum Gasteiger partial charge on any atom is -0.490 e. The van der Waals surface area contributed by atoms with Crippen molar-refractivity contribution in [3.8, 4) is 16.9 Å². The molecule has 1 aliphatic carbocycles. The van der Waals surface area contributed by atoms with Gasteiger partial charge < -0.3 is 9.47 Å². The summed E-state index contributed by atoms with van der Waals surface area (Å²) in [5, 5.41) is 0. The lowest BCUT2D eigenvalue weighted by atomic mass is 9.91. The quantitative estimate of drug-likeness (QED) is 0.289.